The maximum absolute atomic E-state index is 12.7. The average Bonchev–Trinajstić information content (AvgIpc) is 2.52. The molecule has 0 atom stereocenters. The van der Waals surface area contributed by atoms with Crippen LogP contribution in [0, 0.1) is 15.9 Å². The number of carbonyl (C=O) groups excluding carboxylic acids is 1. The molecule has 0 unspecified atom stereocenters. The van der Waals surface area contributed by atoms with Crippen LogP contribution in [0.1, 0.15) is 5.56 Å². The van der Waals surface area contributed by atoms with E-state index in [4.69, 9.17) is 4.74 Å². The molecule has 0 aliphatic heterocycles. The number of nitrogens with zero attached hydrogens (tertiary/aromatic N) is 1. The lowest BCUT2D eigenvalue weighted by Gasteiger charge is -2.07. The number of carbonyl (C=O) groups is 1. The summed E-state index contributed by atoms with van der Waals surface area (Å²) >= 11 is 0. The Balaban J connectivity index is 1.77. The van der Waals surface area contributed by atoms with Crippen LogP contribution >= 0.6 is 0 Å². The number of rotatable bonds is 6. The van der Waals surface area contributed by atoms with Crippen molar-refractivity contribution in [2.75, 3.05) is 6.61 Å². The minimum Gasteiger partial charge on any atom is -0.484 e. The van der Waals surface area contributed by atoms with E-state index in [1.54, 1.807) is 12.1 Å². The van der Waals surface area contributed by atoms with Gasteiger partial charge in [0.15, 0.2) is 6.61 Å². The van der Waals surface area contributed by atoms with Crippen molar-refractivity contribution in [3.63, 3.8) is 0 Å². The number of nitro benzene ring substituents is 1. The van der Waals surface area contributed by atoms with Gasteiger partial charge in [-0.05, 0) is 29.8 Å². The van der Waals surface area contributed by atoms with Crippen LogP contribution in [-0.2, 0) is 11.3 Å². The van der Waals surface area contributed by atoms with Crippen LogP contribution < -0.4 is 10.1 Å². The van der Waals surface area contributed by atoms with Gasteiger partial charge in [0.2, 0.25) is 0 Å². The number of amides is 1. The van der Waals surface area contributed by atoms with Gasteiger partial charge in [0.25, 0.3) is 11.6 Å². The van der Waals surface area contributed by atoms with Crippen molar-refractivity contribution >= 4 is 11.6 Å². The summed E-state index contributed by atoms with van der Waals surface area (Å²) in [5.41, 5.74) is 0.721. The highest BCUT2D eigenvalue weighted by atomic mass is 19.1. The Bertz CT molecular complexity index is 656. The zero-order chi connectivity index (χ0) is 15.9. The first-order chi connectivity index (χ1) is 10.5. The molecule has 0 bridgehead atoms. The number of hydrogen-bond acceptors (Lipinski definition) is 4. The minimum atomic E-state index is -0.515. The van der Waals surface area contributed by atoms with E-state index in [1.165, 1.54) is 36.4 Å². The second kappa shape index (κ2) is 7.16. The van der Waals surface area contributed by atoms with Crippen molar-refractivity contribution in [2.24, 2.45) is 0 Å². The highest BCUT2D eigenvalue weighted by Gasteiger charge is 2.06. The number of benzene rings is 2. The molecule has 22 heavy (non-hydrogen) atoms. The zero-order valence-electron chi connectivity index (χ0n) is 11.5. The van der Waals surface area contributed by atoms with Crippen LogP contribution in [0.4, 0.5) is 10.1 Å². The molecule has 0 aliphatic carbocycles. The summed E-state index contributed by atoms with van der Waals surface area (Å²) in [4.78, 5) is 21.6. The van der Waals surface area contributed by atoms with Gasteiger partial charge in [0, 0.05) is 18.7 Å². The molecule has 1 N–H and O–H groups in total. The van der Waals surface area contributed by atoms with E-state index >= 15 is 0 Å². The summed E-state index contributed by atoms with van der Waals surface area (Å²) in [6.07, 6.45) is 0. The molecule has 0 aliphatic rings. The van der Waals surface area contributed by atoms with E-state index in [1.807, 2.05) is 0 Å². The second-order valence-corrected chi connectivity index (χ2v) is 4.44. The number of nitrogens with one attached hydrogen (secondary N) is 1. The van der Waals surface area contributed by atoms with Crippen molar-refractivity contribution in [1.29, 1.82) is 0 Å². The molecule has 0 heterocycles. The van der Waals surface area contributed by atoms with Gasteiger partial charge >= 0.3 is 0 Å². The molecule has 0 spiro atoms. The molecule has 0 saturated carbocycles. The summed E-state index contributed by atoms with van der Waals surface area (Å²) in [6, 6.07) is 11.2. The van der Waals surface area contributed by atoms with Gasteiger partial charge in [-0.15, -0.1) is 0 Å². The summed E-state index contributed by atoms with van der Waals surface area (Å²) < 4.78 is 17.9. The molecule has 0 saturated heterocycles. The third kappa shape index (κ3) is 4.55. The molecule has 2 aromatic carbocycles. The Morgan fingerprint density at radius 1 is 1.14 bits per heavy atom. The third-order valence-corrected chi connectivity index (χ3v) is 2.82. The average molecular weight is 304 g/mol. The Hall–Kier alpha value is -2.96. The Labute approximate surface area is 125 Å². The SMILES string of the molecule is O=C(COc1ccc([N+](=O)[O-])cc1)NCc1ccc(F)cc1. The third-order valence-electron chi connectivity index (χ3n) is 2.82. The van der Waals surface area contributed by atoms with Gasteiger partial charge in [-0.2, -0.15) is 0 Å². The lowest BCUT2D eigenvalue weighted by Crippen LogP contribution is -2.28. The molecular formula is C15H13FN2O4. The van der Waals surface area contributed by atoms with E-state index in [-0.39, 0.29) is 30.6 Å². The molecule has 2 aromatic rings. The number of hydrogen-bond donors (Lipinski definition) is 1. The minimum absolute atomic E-state index is 0.0480. The van der Waals surface area contributed by atoms with Gasteiger partial charge in [-0.25, -0.2) is 4.39 Å². The van der Waals surface area contributed by atoms with Crippen molar-refractivity contribution < 1.29 is 18.8 Å². The van der Waals surface area contributed by atoms with Gasteiger partial charge in [0.05, 0.1) is 4.92 Å². The van der Waals surface area contributed by atoms with Gasteiger partial charge in [0.1, 0.15) is 11.6 Å². The van der Waals surface area contributed by atoms with Crippen LogP contribution in [0.2, 0.25) is 0 Å². The lowest BCUT2D eigenvalue weighted by molar-refractivity contribution is -0.384. The van der Waals surface area contributed by atoms with Crippen LogP contribution in [-0.4, -0.2) is 17.4 Å². The van der Waals surface area contributed by atoms with Gasteiger partial charge < -0.3 is 10.1 Å². The highest BCUT2D eigenvalue weighted by molar-refractivity contribution is 5.77. The predicted molar refractivity (Wildman–Crippen MR) is 76.8 cm³/mol. The van der Waals surface area contributed by atoms with Crippen molar-refractivity contribution in [3.05, 3.63) is 70.0 Å². The fraction of sp³-hybridized carbons (Fsp3) is 0.133. The van der Waals surface area contributed by atoms with E-state index in [2.05, 4.69) is 5.32 Å². The summed E-state index contributed by atoms with van der Waals surface area (Å²) in [5.74, 6) is -0.318. The maximum Gasteiger partial charge on any atom is 0.269 e. The van der Waals surface area contributed by atoms with E-state index in [9.17, 15) is 19.3 Å². The molecule has 6 nitrogen and oxygen atoms in total. The standard InChI is InChI=1S/C15H13FN2O4/c16-12-3-1-11(2-4-12)9-17-15(19)10-22-14-7-5-13(6-8-14)18(20)21/h1-8H,9-10H2,(H,17,19). The van der Waals surface area contributed by atoms with Crippen LogP contribution in [0.3, 0.4) is 0 Å². The van der Waals surface area contributed by atoms with Crippen LogP contribution in [0.15, 0.2) is 48.5 Å². The predicted octanol–water partition coefficient (Wildman–Crippen LogP) is 2.43. The fourth-order valence-corrected chi connectivity index (χ4v) is 1.67. The largest absolute Gasteiger partial charge is 0.484 e. The molecule has 0 aromatic heterocycles. The second-order valence-electron chi connectivity index (χ2n) is 4.44. The number of non-ortho nitro benzene ring substituents is 1. The highest BCUT2D eigenvalue weighted by Crippen LogP contribution is 2.17. The van der Waals surface area contributed by atoms with E-state index in [0.29, 0.717) is 5.75 Å². The Kier molecular flexibility index (Phi) is 5.02. The summed E-state index contributed by atoms with van der Waals surface area (Å²) in [5, 5.41) is 13.1. The Morgan fingerprint density at radius 2 is 1.77 bits per heavy atom. The van der Waals surface area contributed by atoms with Gasteiger partial charge in [-0.3, -0.25) is 14.9 Å². The van der Waals surface area contributed by atoms with Crippen LogP contribution in [0.5, 0.6) is 5.75 Å². The summed E-state index contributed by atoms with van der Waals surface area (Å²) in [6.45, 7) is 0.0573. The zero-order valence-corrected chi connectivity index (χ0v) is 11.5. The molecular weight excluding hydrogens is 291 g/mol. The molecule has 7 heteroatoms. The van der Waals surface area contributed by atoms with Crippen molar-refractivity contribution in [1.82, 2.24) is 5.32 Å². The van der Waals surface area contributed by atoms with Crippen molar-refractivity contribution in [2.45, 2.75) is 6.54 Å². The first-order valence-corrected chi connectivity index (χ1v) is 6.43. The first-order valence-electron chi connectivity index (χ1n) is 6.43. The van der Waals surface area contributed by atoms with Crippen molar-refractivity contribution in [3.8, 4) is 5.75 Å². The van der Waals surface area contributed by atoms with Crippen LogP contribution in [0.25, 0.3) is 0 Å². The van der Waals surface area contributed by atoms with E-state index < -0.39 is 4.92 Å². The molecule has 0 fully saturated rings. The molecule has 0 radical (unpaired) electrons. The molecule has 2 rings (SSSR count). The number of nitro groups is 1. The lowest BCUT2D eigenvalue weighted by atomic mass is 10.2. The summed E-state index contributed by atoms with van der Waals surface area (Å²) in [7, 11) is 0. The quantitative estimate of drug-likeness (QED) is 0.656. The molecule has 114 valence electrons. The maximum atomic E-state index is 12.7. The smallest absolute Gasteiger partial charge is 0.269 e. The topological polar surface area (TPSA) is 81.5 Å². The Morgan fingerprint density at radius 3 is 2.36 bits per heavy atom. The first kappa shape index (κ1) is 15.4. The monoisotopic (exact) mass is 304 g/mol. The molecule has 1 amide bonds. The normalized spacial score (nSPS) is 10.0. The van der Waals surface area contributed by atoms with Gasteiger partial charge in [-0.1, -0.05) is 12.1 Å². The van der Waals surface area contributed by atoms with E-state index in [0.717, 1.165) is 5.56 Å². The fourth-order valence-electron chi connectivity index (χ4n) is 1.67. The number of ether oxygens (including phenoxy) is 1. The number of halogens is 1.